The second-order valence-electron chi connectivity index (χ2n) is 5.95. The summed E-state index contributed by atoms with van der Waals surface area (Å²) in [5.41, 5.74) is 0. The fourth-order valence-corrected chi connectivity index (χ4v) is 2.36. The Balaban J connectivity index is 3.44. The first-order chi connectivity index (χ1) is 9.70. The van der Waals surface area contributed by atoms with E-state index in [0.717, 1.165) is 38.5 Å². The van der Waals surface area contributed by atoms with E-state index in [0.29, 0.717) is 0 Å². The van der Waals surface area contributed by atoms with Gasteiger partial charge in [-0.2, -0.15) is 0 Å². The molecular formula is C18H36O2. The largest absolute Gasteiger partial charge is 0.393 e. The van der Waals surface area contributed by atoms with Crippen LogP contribution in [0.2, 0.25) is 0 Å². The molecule has 0 saturated carbocycles. The van der Waals surface area contributed by atoms with Crippen molar-refractivity contribution in [2.75, 3.05) is 0 Å². The number of hydrogen-bond donors (Lipinski definition) is 2. The van der Waals surface area contributed by atoms with E-state index in [1.54, 1.807) is 0 Å². The summed E-state index contributed by atoms with van der Waals surface area (Å²) >= 11 is 0. The lowest BCUT2D eigenvalue weighted by Crippen LogP contribution is -2.06. The zero-order valence-electron chi connectivity index (χ0n) is 13.7. The van der Waals surface area contributed by atoms with Crippen molar-refractivity contribution in [1.82, 2.24) is 0 Å². The quantitative estimate of drug-likeness (QED) is 0.348. The Labute approximate surface area is 126 Å². The van der Waals surface area contributed by atoms with E-state index in [-0.39, 0.29) is 12.2 Å². The molecule has 0 aromatic heterocycles. The van der Waals surface area contributed by atoms with Crippen LogP contribution < -0.4 is 0 Å². The van der Waals surface area contributed by atoms with E-state index in [1.807, 2.05) is 12.2 Å². The molecule has 0 aliphatic carbocycles. The van der Waals surface area contributed by atoms with Crippen LogP contribution in [0, 0.1) is 0 Å². The fraction of sp³-hybridized carbons (Fsp3) is 0.889. The molecule has 2 nitrogen and oxygen atoms in total. The summed E-state index contributed by atoms with van der Waals surface area (Å²) < 4.78 is 0. The molecular weight excluding hydrogens is 248 g/mol. The van der Waals surface area contributed by atoms with E-state index < -0.39 is 0 Å². The standard InChI is InChI=1S/C18H36O2/c1-3-5-7-9-13-17(19)15-11-12-16-18(20)14-10-8-6-4-2/h11-12,17-20H,3-10,13-16H2,1-2H3. The van der Waals surface area contributed by atoms with Gasteiger partial charge in [0, 0.05) is 0 Å². The molecule has 0 aromatic carbocycles. The van der Waals surface area contributed by atoms with E-state index in [2.05, 4.69) is 13.8 Å². The van der Waals surface area contributed by atoms with Crippen molar-refractivity contribution in [3.05, 3.63) is 12.2 Å². The van der Waals surface area contributed by atoms with Crippen LogP contribution in [0.15, 0.2) is 12.2 Å². The van der Waals surface area contributed by atoms with Gasteiger partial charge in [0.15, 0.2) is 0 Å². The molecule has 0 aliphatic heterocycles. The smallest absolute Gasteiger partial charge is 0.0574 e. The van der Waals surface area contributed by atoms with Crippen LogP contribution in [0.1, 0.15) is 90.9 Å². The average Bonchev–Trinajstić information content (AvgIpc) is 2.44. The Bertz CT molecular complexity index is 191. The monoisotopic (exact) mass is 284 g/mol. The number of aliphatic hydroxyl groups excluding tert-OH is 2. The highest BCUT2D eigenvalue weighted by Gasteiger charge is 2.03. The van der Waals surface area contributed by atoms with Gasteiger partial charge in [-0.1, -0.05) is 77.4 Å². The number of aliphatic hydroxyl groups is 2. The predicted molar refractivity (Wildman–Crippen MR) is 87.9 cm³/mol. The first-order valence-electron chi connectivity index (χ1n) is 8.71. The third-order valence-electron chi connectivity index (χ3n) is 3.76. The molecule has 0 aromatic rings. The zero-order valence-corrected chi connectivity index (χ0v) is 13.7. The molecule has 2 N–H and O–H groups in total. The third kappa shape index (κ3) is 14.1. The zero-order chi connectivity index (χ0) is 15.1. The van der Waals surface area contributed by atoms with E-state index in [4.69, 9.17) is 0 Å². The Morgan fingerprint density at radius 2 is 1.05 bits per heavy atom. The first-order valence-corrected chi connectivity index (χ1v) is 8.71. The lowest BCUT2D eigenvalue weighted by Gasteiger charge is -2.08. The van der Waals surface area contributed by atoms with Crippen LogP contribution in [0.3, 0.4) is 0 Å². The summed E-state index contributed by atoms with van der Waals surface area (Å²) in [6.07, 6.45) is 16.7. The number of rotatable bonds is 14. The maximum Gasteiger partial charge on any atom is 0.0574 e. The first kappa shape index (κ1) is 19.7. The van der Waals surface area contributed by atoms with Gasteiger partial charge in [0.1, 0.15) is 0 Å². The molecule has 0 radical (unpaired) electrons. The molecule has 0 amide bonds. The van der Waals surface area contributed by atoms with Crippen LogP contribution in [0.25, 0.3) is 0 Å². The highest BCUT2D eigenvalue weighted by Crippen LogP contribution is 2.10. The van der Waals surface area contributed by atoms with Gasteiger partial charge in [0.2, 0.25) is 0 Å². The summed E-state index contributed by atoms with van der Waals surface area (Å²) in [5, 5.41) is 19.6. The Kier molecular flexibility index (Phi) is 14.8. The van der Waals surface area contributed by atoms with Crippen molar-refractivity contribution < 1.29 is 10.2 Å². The van der Waals surface area contributed by atoms with Crippen molar-refractivity contribution in [3.8, 4) is 0 Å². The number of hydrogen-bond acceptors (Lipinski definition) is 2. The highest BCUT2D eigenvalue weighted by atomic mass is 16.3. The van der Waals surface area contributed by atoms with Crippen LogP contribution in [-0.2, 0) is 0 Å². The normalized spacial score (nSPS) is 14.8. The molecule has 2 atom stereocenters. The second-order valence-corrected chi connectivity index (χ2v) is 5.95. The molecule has 0 saturated heterocycles. The Morgan fingerprint density at radius 1 is 0.650 bits per heavy atom. The lowest BCUT2D eigenvalue weighted by molar-refractivity contribution is 0.159. The molecule has 120 valence electrons. The van der Waals surface area contributed by atoms with Crippen molar-refractivity contribution in [2.45, 2.75) is 103 Å². The highest BCUT2D eigenvalue weighted by molar-refractivity contribution is 4.86. The maximum absolute atomic E-state index is 9.80. The molecule has 0 aliphatic rings. The molecule has 0 spiro atoms. The minimum Gasteiger partial charge on any atom is -0.393 e. The minimum atomic E-state index is -0.204. The van der Waals surface area contributed by atoms with Crippen molar-refractivity contribution in [3.63, 3.8) is 0 Å². The summed E-state index contributed by atoms with van der Waals surface area (Å²) in [4.78, 5) is 0. The second kappa shape index (κ2) is 15.1. The van der Waals surface area contributed by atoms with Crippen LogP contribution in [0.4, 0.5) is 0 Å². The lowest BCUT2D eigenvalue weighted by atomic mass is 10.0. The summed E-state index contributed by atoms with van der Waals surface area (Å²) in [7, 11) is 0. The van der Waals surface area contributed by atoms with Crippen molar-refractivity contribution >= 4 is 0 Å². The molecule has 0 rings (SSSR count). The molecule has 2 heteroatoms. The molecule has 0 fully saturated rings. The maximum atomic E-state index is 9.80. The SMILES string of the molecule is CCCCCCC(O)CC=CCC(O)CCCCCC. The van der Waals surface area contributed by atoms with Gasteiger partial charge in [0.05, 0.1) is 12.2 Å². The summed E-state index contributed by atoms with van der Waals surface area (Å²) in [6.45, 7) is 4.40. The molecule has 20 heavy (non-hydrogen) atoms. The van der Waals surface area contributed by atoms with Gasteiger partial charge >= 0.3 is 0 Å². The van der Waals surface area contributed by atoms with Gasteiger partial charge in [-0.15, -0.1) is 0 Å². The van der Waals surface area contributed by atoms with Crippen LogP contribution in [-0.4, -0.2) is 22.4 Å². The van der Waals surface area contributed by atoms with Crippen LogP contribution in [0.5, 0.6) is 0 Å². The van der Waals surface area contributed by atoms with Crippen molar-refractivity contribution in [2.24, 2.45) is 0 Å². The van der Waals surface area contributed by atoms with Gasteiger partial charge in [-0.25, -0.2) is 0 Å². The fourth-order valence-electron chi connectivity index (χ4n) is 2.36. The van der Waals surface area contributed by atoms with Gasteiger partial charge in [0.25, 0.3) is 0 Å². The van der Waals surface area contributed by atoms with Gasteiger partial charge in [-0.3, -0.25) is 0 Å². The van der Waals surface area contributed by atoms with E-state index >= 15 is 0 Å². The van der Waals surface area contributed by atoms with Crippen molar-refractivity contribution in [1.29, 1.82) is 0 Å². The van der Waals surface area contributed by atoms with Crippen LogP contribution >= 0.6 is 0 Å². The molecule has 0 heterocycles. The summed E-state index contributed by atoms with van der Waals surface area (Å²) in [6, 6.07) is 0. The molecule has 0 bridgehead atoms. The average molecular weight is 284 g/mol. The Morgan fingerprint density at radius 3 is 1.40 bits per heavy atom. The minimum absolute atomic E-state index is 0.204. The number of unbranched alkanes of at least 4 members (excludes halogenated alkanes) is 6. The Hall–Kier alpha value is -0.340. The van der Waals surface area contributed by atoms with E-state index in [1.165, 1.54) is 38.5 Å². The van der Waals surface area contributed by atoms with E-state index in [9.17, 15) is 10.2 Å². The van der Waals surface area contributed by atoms with Gasteiger partial charge in [-0.05, 0) is 25.7 Å². The third-order valence-corrected chi connectivity index (χ3v) is 3.76. The topological polar surface area (TPSA) is 40.5 Å². The molecule has 2 unspecified atom stereocenters. The predicted octanol–water partition coefficient (Wildman–Crippen LogP) is 4.99. The van der Waals surface area contributed by atoms with Gasteiger partial charge < -0.3 is 10.2 Å². The summed E-state index contributed by atoms with van der Waals surface area (Å²) in [5.74, 6) is 0.